The molecule has 0 atom stereocenters. The van der Waals surface area contributed by atoms with Gasteiger partial charge in [0, 0.05) is 13.6 Å². The zero-order valence-corrected chi connectivity index (χ0v) is 16.1. The van der Waals surface area contributed by atoms with E-state index in [-0.39, 0.29) is 5.91 Å². The predicted octanol–water partition coefficient (Wildman–Crippen LogP) is 3.14. The van der Waals surface area contributed by atoms with E-state index in [1.54, 1.807) is 11.1 Å². The Balaban J connectivity index is 1.49. The molecule has 1 aromatic heterocycles. The van der Waals surface area contributed by atoms with Crippen LogP contribution in [0.5, 0.6) is 0 Å². The molecular weight excluding hydrogens is 350 g/mol. The van der Waals surface area contributed by atoms with Gasteiger partial charge in [0.2, 0.25) is 0 Å². The van der Waals surface area contributed by atoms with E-state index in [2.05, 4.69) is 39.9 Å². The molecule has 2 aromatic carbocycles. The Labute approximate surface area is 165 Å². The zero-order valence-electron chi connectivity index (χ0n) is 16.1. The SMILES string of the molecule is CN(Cc1ccccc1-c1ccccc1)C(=O)c1cn(C2CCNCC2)nn1. The third-order valence-corrected chi connectivity index (χ3v) is 5.27. The van der Waals surface area contributed by atoms with Crippen LogP contribution in [-0.2, 0) is 6.54 Å². The summed E-state index contributed by atoms with van der Waals surface area (Å²) in [6, 6.07) is 18.8. The van der Waals surface area contributed by atoms with Gasteiger partial charge in [0.05, 0.1) is 12.2 Å². The maximum Gasteiger partial charge on any atom is 0.276 e. The molecule has 1 aliphatic rings. The molecule has 3 aromatic rings. The first-order valence-corrected chi connectivity index (χ1v) is 9.74. The second-order valence-corrected chi connectivity index (χ2v) is 7.25. The van der Waals surface area contributed by atoms with Crippen molar-refractivity contribution >= 4 is 5.91 Å². The third kappa shape index (κ3) is 3.97. The summed E-state index contributed by atoms with van der Waals surface area (Å²) in [4.78, 5) is 14.6. The number of carbonyl (C=O) groups is 1. The largest absolute Gasteiger partial charge is 0.336 e. The fourth-order valence-electron chi connectivity index (χ4n) is 3.70. The third-order valence-electron chi connectivity index (χ3n) is 5.27. The van der Waals surface area contributed by atoms with Crippen LogP contribution in [0.3, 0.4) is 0 Å². The van der Waals surface area contributed by atoms with E-state index in [4.69, 9.17) is 0 Å². The smallest absolute Gasteiger partial charge is 0.276 e. The lowest BCUT2D eigenvalue weighted by molar-refractivity contribution is 0.0779. The molecule has 0 aliphatic carbocycles. The molecule has 1 saturated heterocycles. The molecule has 144 valence electrons. The number of nitrogens with zero attached hydrogens (tertiary/aromatic N) is 4. The van der Waals surface area contributed by atoms with Crippen LogP contribution in [0.4, 0.5) is 0 Å². The fraction of sp³-hybridized carbons (Fsp3) is 0.318. The molecule has 0 radical (unpaired) electrons. The predicted molar refractivity (Wildman–Crippen MR) is 109 cm³/mol. The van der Waals surface area contributed by atoms with Gasteiger partial charge in [-0.15, -0.1) is 5.10 Å². The maximum atomic E-state index is 12.9. The van der Waals surface area contributed by atoms with Crippen LogP contribution >= 0.6 is 0 Å². The van der Waals surface area contributed by atoms with E-state index in [1.165, 1.54) is 0 Å². The first-order chi connectivity index (χ1) is 13.7. The van der Waals surface area contributed by atoms with Crippen molar-refractivity contribution in [2.45, 2.75) is 25.4 Å². The van der Waals surface area contributed by atoms with Gasteiger partial charge in [-0.25, -0.2) is 4.68 Å². The summed E-state index contributed by atoms with van der Waals surface area (Å²) in [6.07, 6.45) is 3.81. The van der Waals surface area contributed by atoms with Gasteiger partial charge in [-0.05, 0) is 42.6 Å². The minimum Gasteiger partial charge on any atom is -0.336 e. The lowest BCUT2D eigenvalue weighted by Crippen LogP contribution is -2.29. The second kappa shape index (κ2) is 8.35. The van der Waals surface area contributed by atoms with E-state index in [1.807, 2.05) is 42.1 Å². The molecule has 1 amide bonds. The highest BCUT2D eigenvalue weighted by molar-refractivity contribution is 5.91. The molecule has 1 aliphatic heterocycles. The van der Waals surface area contributed by atoms with Gasteiger partial charge < -0.3 is 10.2 Å². The van der Waals surface area contributed by atoms with Gasteiger partial charge in [0.1, 0.15) is 0 Å². The average molecular weight is 375 g/mol. The number of rotatable bonds is 5. The standard InChI is InChI=1S/C22H25N5O/c1-26(15-18-9-5-6-10-20(18)17-7-3-2-4-8-17)22(28)21-16-27(25-24-21)19-11-13-23-14-12-19/h2-10,16,19,23H,11-15H2,1H3. The van der Waals surface area contributed by atoms with Crippen molar-refractivity contribution in [1.29, 1.82) is 0 Å². The van der Waals surface area contributed by atoms with Crippen LogP contribution in [0.2, 0.25) is 0 Å². The van der Waals surface area contributed by atoms with E-state index < -0.39 is 0 Å². The highest BCUT2D eigenvalue weighted by Crippen LogP contribution is 2.24. The minimum atomic E-state index is -0.108. The number of piperidine rings is 1. The van der Waals surface area contributed by atoms with Gasteiger partial charge in [0.15, 0.2) is 5.69 Å². The molecular formula is C22H25N5O. The Morgan fingerprint density at radius 3 is 2.61 bits per heavy atom. The molecule has 2 heterocycles. The van der Waals surface area contributed by atoms with Crippen LogP contribution in [-0.4, -0.2) is 45.9 Å². The van der Waals surface area contributed by atoms with Gasteiger partial charge >= 0.3 is 0 Å². The average Bonchev–Trinajstić information content (AvgIpc) is 3.25. The topological polar surface area (TPSA) is 63.1 Å². The van der Waals surface area contributed by atoms with E-state index in [9.17, 15) is 4.79 Å². The van der Waals surface area contributed by atoms with Crippen LogP contribution in [0.15, 0.2) is 60.8 Å². The second-order valence-electron chi connectivity index (χ2n) is 7.25. The van der Waals surface area contributed by atoms with Crippen LogP contribution in [0.25, 0.3) is 11.1 Å². The van der Waals surface area contributed by atoms with E-state index in [0.29, 0.717) is 18.3 Å². The normalized spacial score (nSPS) is 14.8. The number of amides is 1. The first kappa shape index (κ1) is 18.4. The van der Waals surface area contributed by atoms with Crippen molar-refractivity contribution in [1.82, 2.24) is 25.2 Å². The van der Waals surface area contributed by atoms with Crippen molar-refractivity contribution in [2.75, 3.05) is 20.1 Å². The zero-order chi connectivity index (χ0) is 19.3. The number of hydrogen-bond donors (Lipinski definition) is 1. The quantitative estimate of drug-likeness (QED) is 0.744. The number of carbonyl (C=O) groups excluding carboxylic acids is 1. The maximum absolute atomic E-state index is 12.9. The summed E-state index contributed by atoms with van der Waals surface area (Å²) in [6.45, 7) is 2.47. The van der Waals surface area contributed by atoms with Crippen molar-refractivity contribution in [3.05, 3.63) is 72.1 Å². The van der Waals surface area contributed by atoms with Crippen molar-refractivity contribution in [3.63, 3.8) is 0 Å². The molecule has 6 heteroatoms. The molecule has 28 heavy (non-hydrogen) atoms. The number of benzene rings is 2. The molecule has 1 fully saturated rings. The van der Waals surface area contributed by atoms with Gasteiger partial charge in [0.25, 0.3) is 5.91 Å². The Hall–Kier alpha value is -2.99. The number of nitrogens with one attached hydrogen (secondary N) is 1. The van der Waals surface area contributed by atoms with E-state index in [0.717, 1.165) is 42.6 Å². The Morgan fingerprint density at radius 2 is 1.82 bits per heavy atom. The molecule has 0 saturated carbocycles. The molecule has 6 nitrogen and oxygen atoms in total. The summed E-state index contributed by atoms with van der Waals surface area (Å²) in [5.41, 5.74) is 3.80. The summed E-state index contributed by atoms with van der Waals surface area (Å²) >= 11 is 0. The van der Waals surface area contributed by atoms with Crippen molar-refractivity contribution in [3.8, 4) is 11.1 Å². The van der Waals surface area contributed by atoms with Crippen molar-refractivity contribution in [2.24, 2.45) is 0 Å². The van der Waals surface area contributed by atoms with Crippen molar-refractivity contribution < 1.29 is 4.79 Å². The molecule has 0 bridgehead atoms. The summed E-state index contributed by atoms with van der Waals surface area (Å²) < 4.78 is 1.85. The van der Waals surface area contributed by atoms with Gasteiger partial charge in [-0.2, -0.15) is 0 Å². The summed E-state index contributed by atoms with van der Waals surface area (Å²) in [5.74, 6) is -0.108. The monoisotopic (exact) mass is 375 g/mol. The van der Waals surface area contributed by atoms with Crippen LogP contribution in [0, 0.1) is 0 Å². The Bertz CT molecular complexity index is 931. The molecule has 1 N–H and O–H groups in total. The number of aromatic nitrogens is 3. The highest BCUT2D eigenvalue weighted by atomic mass is 16.2. The molecule has 0 unspecified atom stereocenters. The van der Waals surface area contributed by atoms with Crippen LogP contribution in [0.1, 0.15) is 34.9 Å². The Morgan fingerprint density at radius 1 is 1.11 bits per heavy atom. The molecule has 0 spiro atoms. The fourth-order valence-corrected chi connectivity index (χ4v) is 3.70. The summed E-state index contributed by atoms with van der Waals surface area (Å²) in [7, 11) is 1.81. The van der Waals surface area contributed by atoms with E-state index >= 15 is 0 Å². The summed E-state index contributed by atoms with van der Waals surface area (Å²) in [5, 5.41) is 11.7. The van der Waals surface area contributed by atoms with Gasteiger partial charge in [-0.1, -0.05) is 59.8 Å². The minimum absolute atomic E-state index is 0.108. The molecule has 4 rings (SSSR count). The first-order valence-electron chi connectivity index (χ1n) is 9.74. The van der Waals surface area contributed by atoms with Crippen LogP contribution < -0.4 is 5.32 Å². The lowest BCUT2D eigenvalue weighted by atomic mass is 9.99. The highest BCUT2D eigenvalue weighted by Gasteiger charge is 2.21. The lowest BCUT2D eigenvalue weighted by Gasteiger charge is -2.22. The van der Waals surface area contributed by atoms with Gasteiger partial charge in [-0.3, -0.25) is 4.79 Å². The number of hydrogen-bond acceptors (Lipinski definition) is 4. The Kier molecular flexibility index (Phi) is 5.48.